The fourth-order valence-electron chi connectivity index (χ4n) is 4.53. The predicted molar refractivity (Wildman–Crippen MR) is 122 cm³/mol. The van der Waals surface area contributed by atoms with Crippen molar-refractivity contribution < 1.29 is 21.4 Å². The number of hydrogen-bond acceptors (Lipinski definition) is 0. The van der Waals surface area contributed by atoms with Crippen LogP contribution in [-0.2, 0) is 17.0 Å². The second kappa shape index (κ2) is 11.4. The van der Waals surface area contributed by atoms with E-state index in [2.05, 4.69) is 58.1 Å². The Morgan fingerprint density at radius 2 is 1.61 bits per heavy atom. The van der Waals surface area contributed by atoms with Crippen LogP contribution in [0.4, 0.5) is 10.1 Å². The van der Waals surface area contributed by atoms with Crippen molar-refractivity contribution in [2.45, 2.75) is 52.8 Å². The third kappa shape index (κ3) is 7.32. The number of halogens is 3. The molecule has 2 unspecified atom stereocenters. The first-order valence-corrected chi connectivity index (χ1v) is 16.9. The fourth-order valence-corrected chi connectivity index (χ4v) is 6.82. The molecular formula is C22H32Cl2FNSiTi-2. The molecule has 1 aromatic rings. The van der Waals surface area contributed by atoms with Crippen LogP contribution in [0.2, 0.25) is 19.1 Å². The molecule has 28 heavy (non-hydrogen) atoms. The molecule has 0 aliphatic heterocycles. The normalized spacial score (nSPS) is 23.4. The summed E-state index contributed by atoms with van der Waals surface area (Å²) in [6.07, 6.45) is 5.91. The maximum atomic E-state index is 14.2. The van der Waals surface area contributed by atoms with E-state index in [0.29, 0.717) is 11.8 Å². The summed E-state index contributed by atoms with van der Waals surface area (Å²) in [4.78, 5) is 5.14. The molecular weight excluding hydrogens is 444 g/mol. The van der Waals surface area contributed by atoms with Crippen LogP contribution in [0.15, 0.2) is 41.8 Å². The molecule has 2 aliphatic rings. The Hall–Kier alpha value is -0.0588. The minimum atomic E-state index is -1.78. The zero-order valence-electron chi connectivity index (χ0n) is 17.8. The van der Waals surface area contributed by atoms with Crippen LogP contribution in [0, 0.1) is 39.0 Å². The third-order valence-electron chi connectivity index (χ3n) is 5.36. The Morgan fingerprint density at radius 1 is 1.07 bits per heavy atom. The van der Waals surface area contributed by atoms with Crippen molar-refractivity contribution in [3.8, 4) is 0 Å². The molecule has 6 heteroatoms. The van der Waals surface area contributed by atoms with E-state index in [0.717, 1.165) is 24.6 Å². The topological polar surface area (TPSA) is 14.1 Å². The summed E-state index contributed by atoms with van der Waals surface area (Å²) in [5.74, 6) is 1.26. The fraction of sp³-hybridized carbons (Fsp3) is 0.500. The average molecular weight is 476 g/mol. The summed E-state index contributed by atoms with van der Waals surface area (Å²) in [7, 11) is 8.00. The third-order valence-corrected chi connectivity index (χ3v) is 7.50. The summed E-state index contributed by atoms with van der Waals surface area (Å²) < 4.78 is 14.2. The second-order valence-corrected chi connectivity index (χ2v) is 15.4. The monoisotopic (exact) mass is 475 g/mol. The first-order chi connectivity index (χ1) is 12.6. The van der Waals surface area contributed by atoms with E-state index in [1.54, 1.807) is 6.08 Å². The van der Waals surface area contributed by atoms with Gasteiger partial charge in [-0.1, -0.05) is 67.0 Å². The van der Waals surface area contributed by atoms with Gasteiger partial charge >= 0.3 is 35.6 Å². The zero-order valence-corrected chi connectivity index (χ0v) is 21.9. The van der Waals surface area contributed by atoms with E-state index < -0.39 is 25.3 Å². The van der Waals surface area contributed by atoms with Crippen LogP contribution in [0.25, 0.3) is 4.98 Å². The summed E-state index contributed by atoms with van der Waals surface area (Å²) in [5.41, 5.74) is 5.09. The molecule has 1 saturated carbocycles. The van der Waals surface area contributed by atoms with Gasteiger partial charge in [-0.25, -0.2) is 4.39 Å². The van der Waals surface area contributed by atoms with Gasteiger partial charge in [-0.3, -0.25) is 0 Å². The van der Waals surface area contributed by atoms with E-state index >= 15 is 0 Å². The van der Waals surface area contributed by atoms with Gasteiger partial charge in [-0.05, 0) is 52.8 Å². The summed E-state index contributed by atoms with van der Waals surface area (Å²) in [6.45, 7) is 11.2. The predicted octanol–water partition coefficient (Wildman–Crippen LogP) is 8.80. The van der Waals surface area contributed by atoms with Crippen molar-refractivity contribution in [2.24, 2.45) is 17.8 Å². The SMILES string of the molecule is Cc1cc(C)cc([N-][Si](C)(C)CC2=CC=C(F)C3C[C@H](C)CC23)c1.[CH3-].[Cl][Ti][Cl]. The van der Waals surface area contributed by atoms with Gasteiger partial charge in [0.05, 0.1) is 0 Å². The maximum absolute atomic E-state index is 14.2. The number of nitrogens with zero attached hydrogens (tertiary/aromatic N) is 1. The van der Waals surface area contributed by atoms with Crippen LogP contribution in [0.5, 0.6) is 0 Å². The number of fused-ring (bicyclic) bond motifs is 1. The van der Waals surface area contributed by atoms with Gasteiger partial charge in [0.2, 0.25) is 0 Å². The Bertz CT molecular complexity index is 700. The van der Waals surface area contributed by atoms with Crippen molar-refractivity contribution in [1.29, 1.82) is 0 Å². The van der Waals surface area contributed by atoms with Gasteiger partial charge in [-0.2, -0.15) is 0 Å². The summed E-state index contributed by atoms with van der Waals surface area (Å²) in [5, 5.41) is 0. The number of allylic oxidation sites excluding steroid dienone is 4. The van der Waals surface area contributed by atoms with E-state index in [9.17, 15) is 4.39 Å². The molecule has 0 amide bonds. The molecule has 1 nitrogen and oxygen atoms in total. The quantitative estimate of drug-likeness (QED) is 0.305. The molecule has 0 spiro atoms. The average Bonchev–Trinajstić information content (AvgIpc) is 2.92. The van der Waals surface area contributed by atoms with E-state index in [-0.39, 0.29) is 19.2 Å². The van der Waals surface area contributed by atoms with Gasteiger partial charge in [0.25, 0.3) is 0 Å². The number of rotatable bonds is 4. The molecule has 2 aliphatic carbocycles. The van der Waals surface area contributed by atoms with Gasteiger partial charge in [0.1, 0.15) is 5.83 Å². The van der Waals surface area contributed by atoms with Crippen molar-refractivity contribution >= 4 is 32.5 Å². The molecule has 3 atom stereocenters. The van der Waals surface area contributed by atoms with Gasteiger partial charge in [-0.15, -0.1) is 5.69 Å². The molecule has 1 fully saturated rings. The van der Waals surface area contributed by atoms with E-state index in [1.807, 2.05) is 0 Å². The van der Waals surface area contributed by atoms with Crippen LogP contribution < -0.4 is 0 Å². The van der Waals surface area contributed by atoms with Gasteiger partial charge in [0.15, 0.2) is 0 Å². The van der Waals surface area contributed by atoms with E-state index in [4.69, 9.17) is 23.6 Å². The number of benzene rings is 1. The zero-order chi connectivity index (χ0) is 20.2. The molecule has 1 aromatic carbocycles. The van der Waals surface area contributed by atoms with Crippen molar-refractivity contribution in [2.75, 3.05) is 0 Å². The number of hydrogen-bond donors (Lipinski definition) is 0. The Labute approximate surface area is 188 Å². The van der Waals surface area contributed by atoms with Crippen LogP contribution >= 0.6 is 18.6 Å². The van der Waals surface area contributed by atoms with Crippen molar-refractivity contribution in [3.63, 3.8) is 0 Å². The van der Waals surface area contributed by atoms with E-state index in [1.165, 1.54) is 16.7 Å². The summed E-state index contributed by atoms with van der Waals surface area (Å²) >= 11 is -0.556. The molecule has 0 radical (unpaired) electrons. The Balaban J connectivity index is 0.000000921. The minimum absolute atomic E-state index is 0. The standard InChI is InChI=1S/C21H29FNSi.CH3.2ClH.Ti/c1-14-8-15(2)10-18(9-14)23-24(4,5)13-17-6-7-21(22)20-12-16(3)11-19(17)20;;;;/h6-10,16,19-20H,11-13H2,1-5H3;1H3;2*1H;/q2*-1;;;+2/p-2/t16-,19?,20?;;;;/m1..../s1. The number of aryl methyl sites for hydroxylation is 2. The first-order valence-electron chi connectivity index (χ1n) is 9.49. The Morgan fingerprint density at radius 3 is 2.18 bits per heavy atom. The molecule has 0 saturated heterocycles. The van der Waals surface area contributed by atoms with Crippen LogP contribution in [0.3, 0.4) is 0 Å². The molecule has 0 heterocycles. The summed E-state index contributed by atoms with van der Waals surface area (Å²) in [6, 6.07) is 7.58. The van der Waals surface area contributed by atoms with Gasteiger partial charge in [0, 0.05) is 5.92 Å². The molecule has 0 aromatic heterocycles. The van der Waals surface area contributed by atoms with Gasteiger partial charge < -0.3 is 12.4 Å². The van der Waals surface area contributed by atoms with Crippen LogP contribution in [0.1, 0.15) is 30.9 Å². The molecule has 156 valence electrons. The molecule has 0 N–H and O–H groups in total. The molecule has 0 bridgehead atoms. The first kappa shape index (κ1) is 26.0. The Kier molecular flexibility index (Phi) is 10.5. The van der Waals surface area contributed by atoms with Crippen LogP contribution in [-0.4, -0.2) is 8.24 Å². The second-order valence-electron chi connectivity index (χ2n) is 8.60. The van der Waals surface area contributed by atoms with Crippen molar-refractivity contribution in [3.05, 3.63) is 65.3 Å². The van der Waals surface area contributed by atoms with Crippen molar-refractivity contribution in [1.82, 2.24) is 0 Å². The molecule has 3 rings (SSSR count).